The molecule has 0 aliphatic heterocycles. The second-order valence-electron chi connectivity index (χ2n) is 6.61. The van der Waals surface area contributed by atoms with Crippen LogP contribution in [0.1, 0.15) is 49.7 Å². The van der Waals surface area contributed by atoms with E-state index in [0.29, 0.717) is 12.3 Å². The van der Waals surface area contributed by atoms with Crippen LogP contribution in [0.2, 0.25) is 0 Å². The van der Waals surface area contributed by atoms with Gasteiger partial charge in [0, 0.05) is 12.5 Å². The average Bonchev–Trinajstić information content (AvgIpc) is 3.07. The molecule has 1 saturated carbocycles. The third-order valence-corrected chi connectivity index (χ3v) is 4.68. The van der Waals surface area contributed by atoms with Gasteiger partial charge in [0.2, 0.25) is 0 Å². The van der Waals surface area contributed by atoms with E-state index in [1.807, 2.05) is 0 Å². The van der Waals surface area contributed by atoms with Gasteiger partial charge in [0.25, 0.3) is 11.6 Å². The van der Waals surface area contributed by atoms with Crippen molar-refractivity contribution in [1.29, 1.82) is 0 Å². The Morgan fingerprint density at radius 1 is 1.24 bits per heavy atom. The van der Waals surface area contributed by atoms with Crippen molar-refractivity contribution in [1.82, 2.24) is 0 Å². The minimum Gasteiger partial charge on any atom is -0.456 e. The number of anilines is 1. The van der Waals surface area contributed by atoms with Gasteiger partial charge in [-0.2, -0.15) is 0 Å². The Hall–Kier alpha value is -2.44. The molecule has 0 saturated heterocycles. The van der Waals surface area contributed by atoms with Gasteiger partial charge in [-0.1, -0.05) is 25.7 Å². The van der Waals surface area contributed by atoms with Gasteiger partial charge in [0.1, 0.15) is 5.69 Å². The highest BCUT2D eigenvalue weighted by molar-refractivity contribution is 5.95. The van der Waals surface area contributed by atoms with Crippen LogP contribution in [0.3, 0.4) is 0 Å². The lowest BCUT2D eigenvalue weighted by Crippen LogP contribution is -2.21. The zero-order chi connectivity index (χ0) is 18.4. The van der Waals surface area contributed by atoms with E-state index < -0.39 is 23.4 Å². The zero-order valence-corrected chi connectivity index (χ0v) is 14.7. The standard InChI is InChI=1S/C18H24N2O5/c1-12-9-15(16(20(23)24)10-13(12)2)19-17(21)11-25-18(22)8-7-14-5-3-4-6-14/h9-10,14H,3-8,11H2,1-2H3,(H,19,21). The normalized spacial score (nSPS) is 14.3. The summed E-state index contributed by atoms with van der Waals surface area (Å²) < 4.78 is 4.97. The summed E-state index contributed by atoms with van der Waals surface area (Å²) >= 11 is 0. The first-order valence-corrected chi connectivity index (χ1v) is 8.58. The van der Waals surface area contributed by atoms with Gasteiger partial charge in [0.15, 0.2) is 6.61 Å². The third-order valence-electron chi connectivity index (χ3n) is 4.68. The summed E-state index contributed by atoms with van der Waals surface area (Å²) in [4.78, 5) is 34.2. The molecule has 0 radical (unpaired) electrons. The molecule has 1 aromatic carbocycles. The number of hydrogen-bond acceptors (Lipinski definition) is 5. The fourth-order valence-electron chi connectivity index (χ4n) is 3.08. The van der Waals surface area contributed by atoms with Crippen molar-refractivity contribution in [2.45, 2.75) is 52.4 Å². The molecule has 1 fully saturated rings. The van der Waals surface area contributed by atoms with Crippen LogP contribution >= 0.6 is 0 Å². The molecule has 7 heteroatoms. The molecular formula is C18H24N2O5. The highest BCUT2D eigenvalue weighted by Gasteiger charge is 2.19. The molecule has 1 amide bonds. The number of carbonyl (C=O) groups is 2. The highest BCUT2D eigenvalue weighted by Crippen LogP contribution is 2.29. The number of nitro groups is 1. The van der Waals surface area contributed by atoms with Gasteiger partial charge in [0.05, 0.1) is 4.92 Å². The van der Waals surface area contributed by atoms with Crippen molar-refractivity contribution in [3.05, 3.63) is 33.4 Å². The summed E-state index contributed by atoms with van der Waals surface area (Å²) in [6.07, 6.45) is 5.85. The number of aryl methyl sites for hydroxylation is 2. The molecule has 1 aromatic rings. The van der Waals surface area contributed by atoms with Crippen molar-refractivity contribution in [3.63, 3.8) is 0 Å². The van der Waals surface area contributed by atoms with Crippen LogP contribution in [0.4, 0.5) is 11.4 Å². The lowest BCUT2D eigenvalue weighted by Gasteiger charge is -2.10. The Kier molecular flexibility index (Phi) is 6.50. The van der Waals surface area contributed by atoms with Crippen LogP contribution in [0.15, 0.2) is 12.1 Å². The largest absolute Gasteiger partial charge is 0.456 e. The molecule has 7 nitrogen and oxygen atoms in total. The van der Waals surface area contributed by atoms with Gasteiger partial charge in [-0.3, -0.25) is 19.7 Å². The van der Waals surface area contributed by atoms with Crippen LogP contribution < -0.4 is 5.32 Å². The van der Waals surface area contributed by atoms with Crippen LogP contribution in [0.25, 0.3) is 0 Å². The first-order valence-electron chi connectivity index (χ1n) is 8.58. The van der Waals surface area contributed by atoms with E-state index in [1.54, 1.807) is 19.9 Å². The Morgan fingerprint density at radius 3 is 2.52 bits per heavy atom. The van der Waals surface area contributed by atoms with Crippen molar-refractivity contribution in [2.24, 2.45) is 5.92 Å². The molecule has 1 aliphatic carbocycles. The lowest BCUT2D eigenvalue weighted by atomic mass is 10.0. The number of rotatable bonds is 7. The molecule has 0 aromatic heterocycles. The fourth-order valence-corrected chi connectivity index (χ4v) is 3.08. The Labute approximate surface area is 146 Å². The van der Waals surface area contributed by atoms with E-state index >= 15 is 0 Å². The second-order valence-corrected chi connectivity index (χ2v) is 6.61. The number of hydrogen-bond donors (Lipinski definition) is 1. The number of nitrogens with one attached hydrogen (secondary N) is 1. The molecular weight excluding hydrogens is 324 g/mol. The Balaban J connectivity index is 1.84. The number of amides is 1. The summed E-state index contributed by atoms with van der Waals surface area (Å²) in [5, 5.41) is 13.6. The molecule has 136 valence electrons. The van der Waals surface area contributed by atoms with Crippen LogP contribution in [0, 0.1) is 29.9 Å². The number of nitrogens with zero attached hydrogens (tertiary/aromatic N) is 1. The molecule has 2 rings (SSSR count). The molecule has 0 atom stereocenters. The van der Waals surface area contributed by atoms with Crippen molar-refractivity contribution < 1.29 is 19.2 Å². The second kappa shape index (κ2) is 8.60. The Bertz CT molecular complexity index is 666. The van der Waals surface area contributed by atoms with Crippen molar-refractivity contribution >= 4 is 23.3 Å². The number of benzene rings is 1. The average molecular weight is 348 g/mol. The molecule has 1 aliphatic rings. The van der Waals surface area contributed by atoms with Gasteiger partial charge in [-0.25, -0.2) is 0 Å². The number of nitro benzene ring substituents is 1. The number of carbonyl (C=O) groups excluding carboxylic acids is 2. The first kappa shape index (κ1) is 18.9. The van der Waals surface area contributed by atoms with Crippen LogP contribution in [0.5, 0.6) is 0 Å². The summed E-state index contributed by atoms with van der Waals surface area (Å²) in [7, 11) is 0. The fraction of sp³-hybridized carbons (Fsp3) is 0.556. The molecule has 0 bridgehead atoms. The quantitative estimate of drug-likeness (QED) is 0.460. The molecule has 0 heterocycles. The van der Waals surface area contributed by atoms with Gasteiger partial charge in [-0.15, -0.1) is 0 Å². The summed E-state index contributed by atoms with van der Waals surface area (Å²) in [6.45, 7) is 3.13. The predicted octanol–water partition coefficient (Wildman–Crippen LogP) is 3.66. The smallest absolute Gasteiger partial charge is 0.306 e. The van der Waals surface area contributed by atoms with E-state index in [1.165, 1.54) is 18.9 Å². The van der Waals surface area contributed by atoms with Gasteiger partial charge in [-0.05, 0) is 43.4 Å². The number of esters is 1. The maximum absolute atomic E-state index is 11.9. The van der Waals surface area contributed by atoms with E-state index in [-0.39, 0.29) is 11.4 Å². The topological polar surface area (TPSA) is 98.5 Å². The maximum Gasteiger partial charge on any atom is 0.306 e. The van der Waals surface area contributed by atoms with E-state index in [9.17, 15) is 19.7 Å². The highest BCUT2D eigenvalue weighted by atomic mass is 16.6. The van der Waals surface area contributed by atoms with Crippen molar-refractivity contribution in [2.75, 3.05) is 11.9 Å². The van der Waals surface area contributed by atoms with Crippen LogP contribution in [-0.4, -0.2) is 23.4 Å². The SMILES string of the molecule is Cc1cc(NC(=O)COC(=O)CCC2CCCC2)c([N+](=O)[O-])cc1C. The molecule has 25 heavy (non-hydrogen) atoms. The Morgan fingerprint density at radius 2 is 1.88 bits per heavy atom. The summed E-state index contributed by atoms with van der Waals surface area (Å²) in [6, 6.07) is 2.96. The third kappa shape index (κ3) is 5.55. The minimum absolute atomic E-state index is 0.111. The lowest BCUT2D eigenvalue weighted by molar-refractivity contribution is -0.384. The first-order chi connectivity index (χ1) is 11.9. The van der Waals surface area contributed by atoms with E-state index in [4.69, 9.17) is 4.74 Å². The van der Waals surface area contributed by atoms with Gasteiger partial charge >= 0.3 is 5.97 Å². The minimum atomic E-state index is -0.583. The maximum atomic E-state index is 11.9. The van der Waals surface area contributed by atoms with E-state index in [0.717, 1.165) is 30.4 Å². The summed E-state index contributed by atoms with van der Waals surface area (Å²) in [5.41, 5.74) is 1.53. The monoisotopic (exact) mass is 348 g/mol. The molecule has 0 unspecified atom stereocenters. The zero-order valence-electron chi connectivity index (χ0n) is 14.7. The molecule has 1 N–H and O–H groups in total. The molecule has 0 spiro atoms. The van der Waals surface area contributed by atoms with Gasteiger partial charge < -0.3 is 10.1 Å². The van der Waals surface area contributed by atoms with Crippen LogP contribution in [-0.2, 0) is 14.3 Å². The number of ether oxygens (including phenoxy) is 1. The van der Waals surface area contributed by atoms with E-state index in [2.05, 4.69) is 5.32 Å². The predicted molar refractivity (Wildman–Crippen MR) is 93.4 cm³/mol. The summed E-state index contributed by atoms with van der Waals surface area (Å²) in [5.74, 6) is -0.406. The van der Waals surface area contributed by atoms with Crippen molar-refractivity contribution in [3.8, 4) is 0 Å².